The third kappa shape index (κ3) is 9.27. The minimum atomic E-state index is -3.66. The fourth-order valence-electron chi connectivity index (χ4n) is 10.2. The summed E-state index contributed by atoms with van der Waals surface area (Å²) < 4.78 is 51.3. The van der Waals surface area contributed by atoms with Crippen LogP contribution in [0.25, 0.3) is 0 Å². The molecule has 1 aliphatic carbocycles. The molecule has 6 heterocycles. The van der Waals surface area contributed by atoms with Crippen molar-refractivity contribution in [2.24, 2.45) is 0 Å². The predicted molar refractivity (Wildman–Crippen MR) is 244 cm³/mol. The number of nitrogens with zero attached hydrogens (tertiary/aromatic N) is 8. The van der Waals surface area contributed by atoms with Crippen LogP contribution < -0.4 is 35.4 Å². The van der Waals surface area contributed by atoms with Gasteiger partial charge >= 0.3 is 5.92 Å². The average molecular weight is 972 g/mol. The van der Waals surface area contributed by atoms with Crippen molar-refractivity contribution in [2.75, 3.05) is 80.0 Å². The molecular formula is C47H52F3N11O9. The maximum Gasteiger partial charge on any atom is 0.342 e. The molecule has 20 nitrogen and oxygen atoms in total. The van der Waals surface area contributed by atoms with E-state index >= 15 is 13.2 Å². The fourth-order valence-corrected chi connectivity index (χ4v) is 10.2. The number of halogens is 3. The van der Waals surface area contributed by atoms with Crippen LogP contribution in [-0.4, -0.2) is 156 Å². The van der Waals surface area contributed by atoms with Gasteiger partial charge in [-0.15, -0.1) is 0 Å². The molecule has 23 heteroatoms. The van der Waals surface area contributed by atoms with Crippen molar-refractivity contribution < 1.29 is 56.3 Å². The summed E-state index contributed by atoms with van der Waals surface area (Å²) in [6, 6.07) is 5.35. The number of aromatic nitrogens is 2. The molecule has 5 aliphatic heterocycles. The highest BCUT2D eigenvalue weighted by Crippen LogP contribution is 2.40. The van der Waals surface area contributed by atoms with Gasteiger partial charge < -0.3 is 39.9 Å². The lowest BCUT2D eigenvalue weighted by molar-refractivity contribution is -0.140. The molecule has 1 unspecified atom stereocenters. The molecule has 9 rings (SSSR count). The highest BCUT2D eigenvalue weighted by Gasteiger charge is 2.49. The second kappa shape index (κ2) is 19.2. The molecule has 8 amide bonds. The smallest absolute Gasteiger partial charge is 0.342 e. The number of anilines is 5. The van der Waals surface area contributed by atoms with Crippen LogP contribution in [-0.2, 0) is 24.0 Å². The van der Waals surface area contributed by atoms with Gasteiger partial charge in [-0.05, 0) is 56.4 Å². The summed E-state index contributed by atoms with van der Waals surface area (Å²) in [5, 5.41) is 7.87. The summed E-state index contributed by atoms with van der Waals surface area (Å²) in [7, 11) is 2.57. The number of imide groups is 2. The lowest BCUT2D eigenvalue weighted by Crippen LogP contribution is -2.54. The number of carbonyl (C=O) groups is 8. The van der Waals surface area contributed by atoms with Crippen molar-refractivity contribution >= 4 is 76.1 Å². The van der Waals surface area contributed by atoms with Crippen LogP contribution in [0.1, 0.15) is 95.3 Å². The molecule has 370 valence electrons. The van der Waals surface area contributed by atoms with Crippen LogP contribution in [0.3, 0.4) is 0 Å². The molecule has 1 aromatic heterocycles. The monoisotopic (exact) mass is 971 g/mol. The molecule has 2 atom stereocenters. The molecular weight excluding hydrogens is 920 g/mol. The topological polar surface area (TPSA) is 227 Å². The Kier molecular flexibility index (Phi) is 13.1. The van der Waals surface area contributed by atoms with Gasteiger partial charge in [-0.2, -0.15) is 13.8 Å². The Bertz CT molecular complexity index is 2670. The number of hydrogen-bond acceptors (Lipinski definition) is 14. The molecule has 3 saturated heterocycles. The van der Waals surface area contributed by atoms with E-state index in [1.807, 2.05) is 4.90 Å². The largest absolute Gasteiger partial charge is 0.495 e. The van der Waals surface area contributed by atoms with Gasteiger partial charge in [0.05, 0.1) is 42.2 Å². The summed E-state index contributed by atoms with van der Waals surface area (Å²) in [6.45, 7) is 1.41. The quantitative estimate of drug-likeness (QED) is 0.222. The van der Waals surface area contributed by atoms with Gasteiger partial charge in [0.1, 0.15) is 23.3 Å². The molecule has 0 radical (unpaired) electrons. The van der Waals surface area contributed by atoms with E-state index in [1.165, 1.54) is 31.3 Å². The number of fused-ring (bicyclic) bond motifs is 2. The van der Waals surface area contributed by atoms with E-state index in [-0.39, 0.29) is 95.7 Å². The zero-order valence-corrected chi connectivity index (χ0v) is 38.6. The number of methoxy groups -OCH3 is 1. The maximum absolute atomic E-state index is 15.7. The number of likely N-dealkylation sites (tertiary alicyclic amines) is 1. The Morgan fingerprint density at radius 3 is 2.31 bits per heavy atom. The fraction of sp³-hybridized carbons (Fsp3) is 0.489. The number of piperazine rings is 1. The number of alkyl halides is 2. The molecule has 0 bridgehead atoms. The number of ether oxygens (including phenoxy) is 1. The number of benzene rings is 2. The molecule has 3 aromatic rings. The van der Waals surface area contributed by atoms with Crippen LogP contribution >= 0.6 is 0 Å². The molecule has 0 spiro atoms. The van der Waals surface area contributed by atoms with Crippen LogP contribution in [0, 0.1) is 5.82 Å². The Morgan fingerprint density at radius 1 is 0.886 bits per heavy atom. The molecule has 6 aliphatic rings. The van der Waals surface area contributed by atoms with Crippen LogP contribution in [0.5, 0.6) is 5.75 Å². The number of amides is 8. The summed E-state index contributed by atoms with van der Waals surface area (Å²) in [4.78, 5) is 120. The van der Waals surface area contributed by atoms with E-state index in [0.717, 1.165) is 28.7 Å². The van der Waals surface area contributed by atoms with E-state index in [0.29, 0.717) is 64.1 Å². The standard InChI is InChI=1S/C47H52F3N11O9/c1-56-35-23-51-46(55-40(35)60(27-6-3-4-7-27)25-47(49,50)45(56)69)53-33-22-32(48)31(21-36(33)70-2)41(65)52-26-14-15-59(24-26)39(64)9-5-8-38(63)58-18-16-57(17-19-58)28-10-11-29-30(20-28)44(68)61(43(29)67)34-12-13-37(62)54-42(34)66/h10-11,20-23,26-27,34H,3-9,12-19,24-25H2,1-2H3,(H,52,65)(H,51,53,55)(H,54,62,66)/t26-,34?/m0/s1. The third-order valence-electron chi connectivity index (χ3n) is 14.0. The van der Waals surface area contributed by atoms with Crippen molar-refractivity contribution in [3.8, 4) is 5.75 Å². The minimum Gasteiger partial charge on any atom is -0.495 e. The number of piperidine rings is 1. The van der Waals surface area contributed by atoms with E-state index in [9.17, 15) is 38.4 Å². The van der Waals surface area contributed by atoms with Gasteiger partial charge in [0.25, 0.3) is 23.6 Å². The number of rotatable bonds is 12. The summed E-state index contributed by atoms with van der Waals surface area (Å²) in [5.74, 6) is -9.14. The van der Waals surface area contributed by atoms with Gasteiger partial charge in [-0.25, -0.2) is 9.37 Å². The van der Waals surface area contributed by atoms with Crippen LogP contribution in [0.2, 0.25) is 0 Å². The second-order valence-electron chi connectivity index (χ2n) is 18.4. The highest BCUT2D eigenvalue weighted by atomic mass is 19.3. The molecule has 3 N–H and O–H groups in total. The second-order valence-corrected chi connectivity index (χ2v) is 18.4. The van der Waals surface area contributed by atoms with E-state index < -0.39 is 65.8 Å². The first kappa shape index (κ1) is 47.7. The van der Waals surface area contributed by atoms with Gasteiger partial charge in [-0.3, -0.25) is 48.6 Å². The van der Waals surface area contributed by atoms with Gasteiger partial charge in [0, 0.05) is 89.4 Å². The van der Waals surface area contributed by atoms with Gasteiger partial charge in [-0.1, -0.05) is 12.8 Å². The van der Waals surface area contributed by atoms with Crippen molar-refractivity contribution in [2.45, 2.75) is 88.3 Å². The number of carbonyl (C=O) groups excluding carboxylic acids is 8. The van der Waals surface area contributed by atoms with Crippen molar-refractivity contribution in [1.29, 1.82) is 0 Å². The first-order valence-electron chi connectivity index (χ1n) is 23.4. The van der Waals surface area contributed by atoms with Crippen molar-refractivity contribution in [1.82, 2.24) is 35.3 Å². The zero-order chi connectivity index (χ0) is 49.6. The van der Waals surface area contributed by atoms with E-state index in [2.05, 4.69) is 25.9 Å². The maximum atomic E-state index is 15.7. The van der Waals surface area contributed by atoms with Gasteiger partial charge in [0.15, 0.2) is 5.82 Å². The highest BCUT2D eigenvalue weighted by molar-refractivity contribution is 6.23. The summed E-state index contributed by atoms with van der Waals surface area (Å²) >= 11 is 0. The van der Waals surface area contributed by atoms with Gasteiger partial charge in [0.2, 0.25) is 29.6 Å². The molecule has 1 saturated carbocycles. The SMILES string of the molecule is COc1cc(C(=O)N[C@H]2CCN(C(=O)CCCC(=O)N3CCN(c4ccc5c(c4)C(=O)N(C4CCC(=O)NC4=O)C5=O)CC3)C2)c(F)cc1Nc1ncc2c(n1)N(C1CCCC1)CC(F)(F)C(=O)N2C. The lowest BCUT2D eigenvalue weighted by Gasteiger charge is -2.36. The molecule has 2 aromatic carbocycles. The lowest BCUT2D eigenvalue weighted by atomic mass is 10.0. The number of hydrogen-bond donors (Lipinski definition) is 3. The van der Waals surface area contributed by atoms with Crippen molar-refractivity contribution in [3.63, 3.8) is 0 Å². The molecule has 4 fully saturated rings. The zero-order valence-electron chi connectivity index (χ0n) is 38.6. The third-order valence-corrected chi connectivity index (χ3v) is 14.0. The first-order chi connectivity index (χ1) is 33.5. The number of nitrogens with one attached hydrogen (secondary N) is 3. The van der Waals surface area contributed by atoms with Crippen LogP contribution in [0.4, 0.5) is 42.0 Å². The Labute approximate surface area is 399 Å². The minimum absolute atomic E-state index is 0.0235. The molecule has 70 heavy (non-hydrogen) atoms. The Balaban J connectivity index is 0.739. The Hall–Kier alpha value is -7.33. The van der Waals surface area contributed by atoms with E-state index in [4.69, 9.17) is 4.74 Å². The normalized spacial score (nSPS) is 21.5. The van der Waals surface area contributed by atoms with Crippen molar-refractivity contribution in [3.05, 3.63) is 59.0 Å². The predicted octanol–water partition coefficient (Wildman–Crippen LogP) is 2.98. The summed E-state index contributed by atoms with van der Waals surface area (Å²) in [5.41, 5.74) is 0.892. The Morgan fingerprint density at radius 2 is 1.60 bits per heavy atom. The summed E-state index contributed by atoms with van der Waals surface area (Å²) in [6.07, 6.45) is 5.33. The first-order valence-corrected chi connectivity index (χ1v) is 23.4. The van der Waals surface area contributed by atoms with E-state index in [1.54, 1.807) is 28.0 Å². The average Bonchev–Trinajstić information content (AvgIpc) is 4.10. The van der Waals surface area contributed by atoms with Crippen LogP contribution in [0.15, 0.2) is 36.5 Å².